The highest BCUT2D eigenvalue weighted by Gasteiger charge is 2.36. The molecule has 0 saturated carbocycles. The number of hydrogen-bond acceptors (Lipinski definition) is 4. The van der Waals surface area contributed by atoms with Crippen molar-refractivity contribution < 1.29 is 19.4 Å². The van der Waals surface area contributed by atoms with Crippen LogP contribution in [0.5, 0.6) is 0 Å². The van der Waals surface area contributed by atoms with E-state index in [-0.39, 0.29) is 29.8 Å². The lowest BCUT2D eigenvalue weighted by atomic mass is 9.91. The third-order valence-corrected chi connectivity index (χ3v) is 3.47. The first-order chi connectivity index (χ1) is 9.54. The monoisotopic (exact) mass is 276 g/mol. The zero-order valence-corrected chi connectivity index (χ0v) is 12.0. The Morgan fingerprint density at radius 1 is 1.35 bits per heavy atom. The normalized spacial score (nSPS) is 23.0. The molecule has 1 heterocycles. The summed E-state index contributed by atoms with van der Waals surface area (Å²) in [5.41, 5.74) is 1.24. The molecule has 2 rings (SSSR count). The topological polar surface area (TPSA) is 55.8 Å². The van der Waals surface area contributed by atoms with E-state index in [2.05, 4.69) is 0 Å². The minimum Gasteiger partial charge on any atom is -0.512 e. The zero-order chi connectivity index (χ0) is 14.7. The number of rotatable bonds is 3. The van der Waals surface area contributed by atoms with E-state index in [1.807, 2.05) is 44.2 Å². The maximum absolute atomic E-state index is 11.8. The number of carbonyl (C=O) groups is 1. The van der Waals surface area contributed by atoms with E-state index in [0.717, 1.165) is 5.56 Å². The van der Waals surface area contributed by atoms with Crippen molar-refractivity contribution in [3.05, 3.63) is 47.2 Å². The second kappa shape index (κ2) is 6.09. The summed E-state index contributed by atoms with van der Waals surface area (Å²) in [5.74, 6) is -0.388. The second-order valence-electron chi connectivity index (χ2n) is 5.26. The van der Waals surface area contributed by atoms with Gasteiger partial charge < -0.3 is 14.6 Å². The molecular formula is C16H20O4. The van der Waals surface area contributed by atoms with Crippen LogP contribution in [0.2, 0.25) is 0 Å². The third-order valence-electron chi connectivity index (χ3n) is 3.47. The zero-order valence-electron chi connectivity index (χ0n) is 12.0. The summed E-state index contributed by atoms with van der Waals surface area (Å²) in [4.78, 5) is 11.8. The van der Waals surface area contributed by atoms with Crippen molar-refractivity contribution in [2.45, 2.75) is 32.5 Å². The van der Waals surface area contributed by atoms with Gasteiger partial charge in [0.1, 0.15) is 11.3 Å². The van der Waals surface area contributed by atoms with Crippen LogP contribution >= 0.6 is 0 Å². The molecule has 0 fully saturated rings. The highest BCUT2D eigenvalue weighted by Crippen LogP contribution is 2.37. The van der Waals surface area contributed by atoms with E-state index in [1.165, 1.54) is 7.11 Å². The number of hydrogen-bond donors (Lipinski definition) is 1. The van der Waals surface area contributed by atoms with Crippen molar-refractivity contribution in [1.29, 1.82) is 0 Å². The van der Waals surface area contributed by atoms with Gasteiger partial charge in [-0.25, -0.2) is 4.79 Å². The average Bonchev–Trinajstić information content (AvgIpc) is 2.46. The number of aliphatic hydroxyl groups excluding tert-OH is 1. The second-order valence-corrected chi connectivity index (χ2v) is 5.26. The molecule has 1 aliphatic rings. The molecule has 0 aliphatic carbocycles. The van der Waals surface area contributed by atoms with Crippen LogP contribution in [0.15, 0.2) is 41.7 Å². The molecule has 2 atom stereocenters. The summed E-state index contributed by atoms with van der Waals surface area (Å²) in [6.07, 6.45) is -0.407. The van der Waals surface area contributed by atoms with Crippen molar-refractivity contribution in [3.63, 3.8) is 0 Å². The number of carbonyl (C=O) groups excluding carboxylic acids is 1. The van der Waals surface area contributed by atoms with Crippen LogP contribution in [-0.4, -0.2) is 24.3 Å². The molecule has 1 aliphatic heterocycles. The molecule has 0 unspecified atom stereocenters. The van der Waals surface area contributed by atoms with Gasteiger partial charge in [-0.15, -0.1) is 0 Å². The van der Waals surface area contributed by atoms with Gasteiger partial charge in [-0.2, -0.15) is 0 Å². The molecule has 0 aromatic heterocycles. The predicted molar refractivity (Wildman–Crippen MR) is 75.2 cm³/mol. The number of esters is 1. The van der Waals surface area contributed by atoms with Gasteiger partial charge in [0.05, 0.1) is 19.3 Å². The quantitative estimate of drug-likeness (QED) is 0.862. The smallest absolute Gasteiger partial charge is 0.339 e. The minimum absolute atomic E-state index is 0.0654. The number of aliphatic hydroxyl groups is 1. The fourth-order valence-corrected chi connectivity index (χ4v) is 2.44. The predicted octanol–water partition coefficient (Wildman–Crippen LogP) is 3.16. The van der Waals surface area contributed by atoms with Crippen LogP contribution in [0.3, 0.4) is 0 Å². The van der Waals surface area contributed by atoms with Gasteiger partial charge >= 0.3 is 5.97 Å². The molecule has 0 spiro atoms. The van der Waals surface area contributed by atoms with E-state index < -0.39 is 12.1 Å². The van der Waals surface area contributed by atoms with Crippen LogP contribution < -0.4 is 0 Å². The third kappa shape index (κ3) is 2.85. The Hall–Kier alpha value is -1.81. The van der Waals surface area contributed by atoms with Gasteiger partial charge in [0.2, 0.25) is 0 Å². The van der Waals surface area contributed by atoms with E-state index in [9.17, 15) is 9.90 Å². The highest BCUT2D eigenvalue weighted by atomic mass is 16.5. The standard InChI is InChI=1S/C16H20O4/c1-10(2)15-14(16(18)19-3)12(17)9-13(20-15)11-7-5-4-6-8-11/h4-8,10,13,15,17H,9H2,1-3H3/t13-,15-/m1/s1. The fraction of sp³-hybridized carbons (Fsp3) is 0.438. The van der Waals surface area contributed by atoms with Gasteiger partial charge in [-0.1, -0.05) is 44.2 Å². The van der Waals surface area contributed by atoms with Crippen LogP contribution in [0, 0.1) is 5.92 Å². The Bertz CT molecular complexity index is 504. The number of methoxy groups -OCH3 is 1. The summed E-state index contributed by atoms with van der Waals surface area (Å²) in [5, 5.41) is 10.2. The lowest BCUT2D eigenvalue weighted by molar-refractivity contribution is -0.140. The molecule has 108 valence electrons. The molecule has 1 aromatic carbocycles. The largest absolute Gasteiger partial charge is 0.512 e. The van der Waals surface area contributed by atoms with E-state index >= 15 is 0 Å². The average molecular weight is 276 g/mol. The van der Waals surface area contributed by atoms with Crippen molar-refractivity contribution in [2.24, 2.45) is 5.92 Å². The van der Waals surface area contributed by atoms with E-state index in [1.54, 1.807) is 0 Å². The summed E-state index contributed by atoms with van der Waals surface area (Å²) in [6, 6.07) is 9.71. The lowest BCUT2D eigenvalue weighted by Crippen LogP contribution is -2.34. The first-order valence-corrected chi connectivity index (χ1v) is 6.75. The Balaban J connectivity index is 2.34. The lowest BCUT2D eigenvalue weighted by Gasteiger charge is -2.33. The summed E-state index contributed by atoms with van der Waals surface area (Å²) >= 11 is 0. The molecular weight excluding hydrogens is 256 g/mol. The van der Waals surface area contributed by atoms with Crippen molar-refractivity contribution in [3.8, 4) is 0 Å². The molecule has 1 N–H and O–H groups in total. The molecule has 0 radical (unpaired) electrons. The molecule has 4 nitrogen and oxygen atoms in total. The molecule has 4 heteroatoms. The highest BCUT2D eigenvalue weighted by molar-refractivity contribution is 5.90. The molecule has 0 saturated heterocycles. The Kier molecular flexibility index (Phi) is 4.45. The Labute approximate surface area is 119 Å². The number of benzene rings is 1. The Morgan fingerprint density at radius 3 is 2.55 bits per heavy atom. The first kappa shape index (κ1) is 14.6. The molecule has 0 bridgehead atoms. The summed E-state index contributed by atoms with van der Waals surface area (Å²) in [6.45, 7) is 3.91. The van der Waals surface area contributed by atoms with Crippen LogP contribution in [0.1, 0.15) is 31.9 Å². The van der Waals surface area contributed by atoms with Crippen molar-refractivity contribution >= 4 is 5.97 Å². The van der Waals surface area contributed by atoms with E-state index in [0.29, 0.717) is 0 Å². The number of ether oxygens (including phenoxy) is 2. The van der Waals surface area contributed by atoms with Gasteiger partial charge in [-0.3, -0.25) is 0 Å². The fourth-order valence-electron chi connectivity index (χ4n) is 2.44. The summed E-state index contributed by atoms with van der Waals surface area (Å²) < 4.78 is 10.8. The van der Waals surface area contributed by atoms with Gasteiger partial charge in [0, 0.05) is 6.42 Å². The van der Waals surface area contributed by atoms with Crippen molar-refractivity contribution in [2.75, 3.05) is 7.11 Å². The van der Waals surface area contributed by atoms with Gasteiger partial charge in [0.15, 0.2) is 0 Å². The van der Waals surface area contributed by atoms with Crippen LogP contribution in [0.4, 0.5) is 0 Å². The van der Waals surface area contributed by atoms with Crippen molar-refractivity contribution in [1.82, 2.24) is 0 Å². The van der Waals surface area contributed by atoms with Gasteiger partial charge in [-0.05, 0) is 11.5 Å². The molecule has 0 amide bonds. The summed E-state index contributed by atoms with van der Waals surface area (Å²) in [7, 11) is 1.31. The maximum Gasteiger partial charge on any atom is 0.339 e. The van der Waals surface area contributed by atoms with Crippen LogP contribution in [0.25, 0.3) is 0 Å². The SMILES string of the molecule is COC(=O)C1=C(O)C[C@H](c2ccccc2)O[C@@H]1C(C)C. The Morgan fingerprint density at radius 2 is 2.00 bits per heavy atom. The first-order valence-electron chi connectivity index (χ1n) is 6.75. The molecule has 20 heavy (non-hydrogen) atoms. The van der Waals surface area contributed by atoms with Gasteiger partial charge in [0.25, 0.3) is 0 Å². The minimum atomic E-state index is -0.521. The van der Waals surface area contributed by atoms with Crippen LogP contribution in [-0.2, 0) is 14.3 Å². The molecule has 1 aromatic rings. The maximum atomic E-state index is 11.8. The van der Waals surface area contributed by atoms with E-state index in [4.69, 9.17) is 9.47 Å².